The smallest absolute Gasteiger partial charge is 0.343 e. The number of carbonyl (C=O) groups is 3. The molecule has 0 saturated heterocycles. The highest BCUT2D eigenvalue weighted by Gasteiger charge is 2.24. The fourth-order valence-electron chi connectivity index (χ4n) is 2.41. The molecule has 0 unspecified atom stereocenters. The third-order valence-corrected chi connectivity index (χ3v) is 3.67. The van der Waals surface area contributed by atoms with Crippen molar-refractivity contribution >= 4 is 23.7 Å². The Labute approximate surface area is 161 Å². The number of nitrogen functional groups attached to an aromatic ring is 1. The summed E-state index contributed by atoms with van der Waals surface area (Å²) in [5, 5.41) is 0. The van der Waals surface area contributed by atoms with E-state index in [0.29, 0.717) is 10.2 Å². The summed E-state index contributed by atoms with van der Waals surface area (Å²) in [4.78, 5) is 49.2. The van der Waals surface area contributed by atoms with Crippen LogP contribution in [-0.2, 0) is 20.7 Å². The maximum absolute atomic E-state index is 12.6. The van der Waals surface area contributed by atoms with E-state index in [9.17, 15) is 19.2 Å². The van der Waals surface area contributed by atoms with Gasteiger partial charge in [-0.3, -0.25) is 15.0 Å². The lowest BCUT2D eigenvalue weighted by molar-refractivity contribution is -0.116. The fraction of sp³-hybridized carbons (Fsp3) is 0.263. The lowest BCUT2D eigenvalue weighted by atomic mass is 10.1. The number of ether oxygens (including phenoxy) is 2. The second-order valence-corrected chi connectivity index (χ2v) is 5.64. The quantitative estimate of drug-likeness (QED) is 0.680. The molecule has 0 saturated carbocycles. The molecule has 9 heteroatoms. The summed E-state index contributed by atoms with van der Waals surface area (Å²) in [6.45, 7) is 3.25. The summed E-state index contributed by atoms with van der Waals surface area (Å²) in [7, 11) is 0. The number of nitrogens with two attached hydrogens (primary N) is 1. The summed E-state index contributed by atoms with van der Waals surface area (Å²) in [5.41, 5.74) is 7.34. The van der Waals surface area contributed by atoms with Crippen LogP contribution in [0.15, 0.2) is 41.2 Å². The number of nitrogens with one attached hydrogen (secondary N) is 1. The van der Waals surface area contributed by atoms with Crippen LogP contribution in [0, 0.1) is 0 Å². The molecule has 1 amide bonds. The molecule has 0 bridgehead atoms. The molecule has 2 aromatic rings. The van der Waals surface area contributed by atoms with Gasteiger partial charge < -0.3 is 15.2 Å². The van der Waals surface area contributed by atoms with Crippen molar-refractivity contribution in [2.75, 3.05) is 24.4 Å². The van der Waals surface area contributed by atoms with E-state index < -0.39 is 29.0 Å². The Balaban J connectivity index is 2.45. The molecule has 3 N–H and O–H groups in total. The van der Waals surface area contributed by atoms with Crippen molar-refractivity contribution in [1.29, 1.82) is 0 Å². The molecule has 28 heavy (non-hydrogen) atoms. The number of carbonyl (C=O) groups excluding carboxylic acids is 3. The van der Waals surface area contributed by atoms with Crippen LogP contribution in [0.2, 0.25) is 0 Å². The van der Waals surface area contributed by atoms with Crippen molar-refractivity contribution in [2.24, 2.45) is 0 Å². The molecule has 0 aliphatic heterocycles. The van der Waals surface area contributed by atoms with Crippen LogP contribution >= 0.6 is 0 Å². The van der Waals surface area contributed by atoms with E-state index in [4.69, 9.17) is 15.2 Å². The topological polar surface area (TPSA) is 130 Å². The zero-order valence-electron chi connectivity index (χ0n) is 15.6. The van der Waals surface area contributed by atoms with E-state index in [0.717, 1.165) is 6.07 Å². The van der Waals surface area contributed by atoms with E-state index in [1.54, 1.807) is 44.2 Å². The summed E-state index contributed by atoms with van der Waals surface area (Å²) >= 11 is 0. The van der Waals surface area contributed by atoms with E-state index in [2.05, 4.69) is 5.43 Å². The first kappa shape index (κ1) is 20.7. The van der Waals surface area contributed by atoms with Gasteiger partial charge in [0.1, 0.15) is 16.9 Å². The van der Waals surface area contributed by atoms with E-state index in [1.807, 2.05) is 0 Å². The number of esters is 2. The number of aromatic nitrogens is 1. The number of hydrogen-bond acceptors (Lipinski definition) is 7. The molecular formula is C19H21N3O6. The molecule has 1 aromatic heterocycles. The number of rotatable bonds is 7. The first-order valence-electron chi connectivity index (χ1n) is 8.62. The van der Waals surface area contributed by atoms with Gasteiger partial charge in [-0.25, -0.2) is 9.59 Å². The fourth-order valence-corrected chi connectivity index (χ4v) is 2.41. The van der Waals surface area contributed by atoms with Crippen molar-refractivity contribution in [2.45, 2.75) is 20.3 Å². The van der Waals surface area contributed by atoms with Gasteiger partial charge in [-0.05, 0) is 25.5 Å². The zero-order valence-corrected chi connectivity index (χ0v) is 15.6. The Morgan fingerprint density at radius 2 is 1.57 bits per heavy atom. The number of hydrogen-bond donors (Lipinski definition) is 2. The highest BCUT2D eigenvalue weighted by molar-refractivity contribution is 5.99. The molecule has 0 radical (unpaired) electrons. The molecular weight excluding hydrogens is 366 g/mol. The van der Waals surface area contributed by atoms with Crippen molar-refractivity contribution in [3.05, 3.63) is 63.4 Å². The molecule has 0 aliphatic carbocycles. The maximum atomic E-state index is 12.6. The van der Waals surface area contributed by atoms with Gasteiger partial charge in [0.15, 0.2) is 0 Å². The van der Waals surface area contributed by atoms with Gasteiger partial charge in [-0.15, -0.1) is 0 Å². The second kappa shape index (κ2) is 9.36. The summed E-state index contributed by atoms with van der Waals surface area (Å²) in [6.07, 6.45) is -0.0366. The second-order valence-electron chi connectivity index (χ2n) is 5.64. The highest BCUT2D eigenvalue weighted by Crippen LogP contribution is 2.13. The van der Waals surface area contributed by atoms with Crippen LogP contribution in [0.4, 0.5) is 5.82 Å². The first-order chi connectivity index (χ1) is 13.4. The van der Waals surface area contributed by atoms with Gasteiger partial charge in [-0.2, -0.15) is 4.68 Å². The minimum absolute atomic E-state index is 0.0256. The van der Waals surface area contributed by atoms with E-state index in [-0.39, 0.29) is 31.0 Å². The van der Waals surface area contributed by atoms with Crippen LogP contribution in [0.25, 0.3) is 0 Å². The lowest BCUT2D eigenvalue weighted by Crippen LogP contribution is -2.39. The van der Waals surface area contributed by atoms with Crippen molar-refractivity contribution < 1.29 is 23.9 Å². The van der Waals surface area contributed by atoms with Crippen LogP contribution in [0.3, 0.4) is 0 Å². The Hall–Kier alpha value is -3.62. The minimum Gasteiger partial charge on any atom is -0.462 e. The van der Waals surface area contributed by atoms with Crippen molar-refractivity contribution in [3.63, 3.8) is 0 Å². The number of amides is 1. The molecule has 0 atom stereocenters. The molecule has 0 fully saturated rings. The lowest BCUT2D eigenvalue weighted by Gasteiger charge is -2.15. The van der Waals surface area contributed by atoms with E-state index >= 15 is 0 Å². The van der Waals surface area contributed by atoms with Crippen molar-refractivity contribution in [1.82, 2.24) is 4.68 Å². The first-order valence-corrected chi connectivity index (χ1v) is 8.62. The minimum atomic E-state index is -0.941. The van der Waals surface area contributed by atoms with Crippen LogP contribution in [-0.4, -0.2) is 35.7 Å². The predicted molar refractivity (Wildman–Crippen MR) is 102 cm³/mol. The Kier molecular flexibility index (Phi) is 6.91. The Morgan fingerprint density at radius 3 is 2.14 bits per heavy atom. The average Bonchev–Trinajstić information content (AvgIpc) is 2.66. The average molecular weight is 387 g/mol. The molecule has 1 aromatic carbocycles. The molecule has 2 rings (SSSR count). The molecule has 148 valence electrons. The number of anilines is 1. The largest absolute Gasteiger partial charge is 0.462 e. The SMILES string of the molecule is CCOC(=O)c1cc(C(=O)OCC)c(=O)n(NC(=O)Cc2ccccc2)c1N. The van der Waals surface area contributed by atoms with Crippen LogP contribution in [0.5, 0.6) is 0 Å². The normalized spacial score (nSPS) is 10.2. The van der Waals surface area contributed by atoms with Gasteiger partial charge in [0.2, 0.25) is 5.91 Å². The van der Waals surface area contributed by atoms with Gasteiger partial charge in [0.25, 0.3) is 5.56 Å². The third kappa shape index (κ3) is 4.76. The number of nitrogens with zero attached hydrogens (tertiary/aromatic N) is 1. The van der Waals surface area contributed by atoms with Crippen molar-refractivity contribution in [3.8, 4) is 0 Å². The Bertz CT molecular complexity index is 937. The summed E-state index contributed by atoms with van der Waals surface area (Å²) < 4.78 is 10.4. The maximum Gasteiger partial charge on any atom is 0.343 e. The molecule has 0 spiro atoms. The molecule has 1 heterocycles. The zero-order chi connectivity index (χ0) is 20.7. The number of benzene rings is 1. The standard InChI is InChI=1S/C19H21N3O6/c1-3-27-18(25)13-11-14(19(26)28-4-2)17(24)22(16(13)20)21-15(23)10-12-8-6-5-7-9-12/h5-9,11H,3-4,10,20H2,1-2H3,(H,21,23). The number of pyridine rings is 1. The van der Waals surface area contributed by atoms with Gasteiger partial charge >= 0.3 is 11.9 Å². The van der Waals surface area contributed by atoms with Gasteiger partial charge in [0.05, 0.1) is 19.6 Å². The summed E-state index contributed by atoms with van der Waals surface area (Å²) in [6, 6.07) is 9.83. The van der Waals surface area contributed by atoms with Gasteiger partial charge in [0, 0.05) is 0 Å². The summed E-state index contributed by atoms with van der Waals surface area (Å²) in [5.74, 6) is -2.69. The third-order valence-electron chi connectivity index (χ3n) is 3.67. The van der Waals surface area contributed by atoms with Crippen LogP contribution in [0.1, 0.15) is 40.1 Å². The Morgan fingerprint density at radius 1 is 1.00 bits per heavy atom. The highest BCUT2D eigenvalue weighted by atomic mass is 16.5. The van der Waals surface area contributed by atoms with Crippen LogP contribution < -0.4 is 16.7 Å². The molecule has 0 aliphatic rings. The van der Waals surface area contributed by atoms with E-state index in [1.165, 1.54) is 0 Å². The molecule has 9 nitrogen and oxygen atoms in total. The van der Waals surface area contributed by atoms with Gasteiger partial charge in [-0.1, -0.05) is 30.3 Å². The predicted octanol–water partition coefficient (Wildman–Crippen LogP) is 1.10. The monoisotopic (exact) mass is 387 g/mol.